The zero-order valence-corrected chi connectivity index (χ0v) is 11.1. The molecule has 1 aliphatic rings. The second-order valence-electron chi connectivity index (χ2n) is 5.71. The molecule has 1 aliphatic carbocycles. The first-order valence-electron chi connectivity index (χ1n) is 7.06. The van der Waals surface area contributed by atoms with Crippen LogP contribution in [0.25, 0.3) is 0 Å². The highest BCUT2D eigenvalue weighted by Gasteiger charge is 2.27. The van der Waals surface area contributed by atoms with Gasteiger partial charge in [0, 0.05) is 5.54 Å². The molecule has 1 unspecified atom stereocenters. The summed E-state index contributed by atoms with van der Waals surface area (Å²) in [5, 5.41) is 13.0. The summed E-state index contributed by atoms with van der Waals surface area (Å²) >= 11 is 0. The van der Waals surface area contributed by atoms with E-state index < -0.39 is 0 Å². The maximum absolute atomic E-state index is 9.46. The Bertz CT molecular complexity index is 180. The second kappa shape index (κ2) is 7.29. The minimum atomic E-state index is -0.0329. The van der Waals surface area contributed by atoms with Crippen molar-refractivity contribution < 1.29 is 5.11 Å². The van der Waals surface area contributed by atoms with Gasteiger partial charge in [-0.25, -0.2) is 0 Å². The summed E-state index contributed by atoms with van der Waals surface area (Å²) in [6.07, 6.45) is 10.4. The average Bonchev–Trinajstić information content (AvgIpc) is 3.10. The van der Waals surface area contributed by atoms with Crippen LogP contribution in [0.5, 0.6) is 0 Å². The van der Waals surface area contributed by atoms with Crippen LogP contribution in [0.3, 0.4) is 0 Å². The highest BCUT2D eigenvalue weighted by atomic mass is 16.3. The van der Waals surface area contributed by atoms with E-state index >= 15 is 0 Å². The Balaban J connectivity index is 2.07. The molecule has 2 N–H and O–H groups in total. The SMILES string of the molecule is CCCCCCCC(C)(CO)NCC1CC1. The van der Waals surface area contributed by atoms with Crippen molar-refractivity contribution in [3.05, 3.63) is 0 Å². The molecular weight excluding hydrogens is 198 g/mol. The molecule has 1 atom stereocenters. The van der Waals surface area contributed by atoms with E-state index in [1.54, 1.807) is 0 Å². The highest BCUT2D eigenvalue weighted by molar-refractivity contribution is 4.86. The Hall–Kier alpha value is -0.0800. The predicted octanol–water partition coefficient (Wildman–Crippen LogP) is 3.10. The Labute approximate surface area is 101 Å². The molecule has 0 heterocycles. The van der Waals surface area contributed by atoms with Gasteiger partial charge >= 0.3 is 0 Å². The normalized spacial score (nSPS) is 19.7. The van der Waals surface area contributed by atoms with Gasteiger partial charge in [0.1, 0.15) is 0 Å². The van der Waals surface area contributed by atoms with Crippen LogP contribution in [-0.4, -0.2) is 23.8 Å². The highest BCUT2D eigenvalue weighted by Crippen LogP contribution is 2.28. The van der Waals surface area contributed by atoms with E-state index in [2.05, 4.69) is 19.2 Å². The van der Waals surface area contributed by atoms with Crippen molar-refractivity contribution in [2.45, 2.75) is 70.8 Å². The lowest BCUT2D eigenvalue weighted by molar-refractivity contribution is 0.161. The van der Waals surface area contributed by atoms with Gasteiger partial charge in [0.05, 0.1) is 6.61 Å². The van der Waals surface area contributed by atoms with Crippen molar-refractivity contribution in [3.8, 4) is 0 Å². The van der Waals surface area contributed by atoms with Gasteiger partial charge in [-0.05, 0) is 38.6 Å². The number of rotatable bonds is 10. The van der Waals surface area contributed by atoms with Crippen molar-refractivity contribution in [2.75, 3.05) is 13.2 Å². The Morgan fingerprint density at radius 2 is 1.88 bits per heavy atom. The van der Waals surface area contributed by atoms with E-state index in [-0.39, 0.29) is 12.1 Å². The van der Waals surface area contributed by atoms with E-state index in [0.29, 0.717) is 0 Å². The van der Waals surface area contributed by atoms with Crippen molar-refractivity contribution in [2.24, 2.45) is 5.92 Å². The van der Waals surface area contributed by atoms with Gasteiger partial charge in [-0.1, -0.05) is 39.0 Å². The summed E-state index contributed by atoms with van der Waals surface area (Å²) < 4.78 is 0. The summed E-state index contributed by atoms with van der Waals surface area (Å²) in [5.74, 6) is 0.894. The molecule has 0 bridgehead atoms. The fraction of sp³-hybridized carbons (Fsp3) is 1.00. The fourth-order valence-corrected chi connectivity index (χ4v) is 2.05. The quantitative estimate of drug-likeness (QED) is 0.562. The molecule has 1 fully saturated rings. The Morgan fingerprint density at radius 3 is 2.44 bits per heavy atom. The number of hydrogen-bond acceptors (Lipinski definition) is 2. The number of nitrogens with one attached hydrogen (secondary N) is 1. The van der Waals surface area contributed by atoms with Gasteiger partial charge in [0.15, 0.2) is 0 Å². The predicted molar refractivity (Wildman–Crippen MR) is 69.6 cm³/mol. The summed E-state index contributed by atoms with van der Waals surface area (Å²) in [6.45, 7) is 5.78. The second-order valence-corrected chi connectivity index (χ2v) is 5.71. The van der Waals surface area contributed by atoms with E-state index in [1.165, 1.54) is 44.9 Å². The molecule has 1 rings (SSSR count). The smallest absolute Gasteiger partial charge is 0.0610 e. The first-order valence-corrected chi connectivity index (χ1v) is 7.06. The topological polar surface area (TPSA) is 32.3 Å². The number of aliphatic hydroxyl groups excluding tert-OH is 1. The van der Waals surface area contributed by atoms with Crippen LogP contribution in [0.2, 0.25) is 0 Å². The minimum absolute atomic E-state index is 0.0329. The van der Waals surface area contributed by atoms with Crippen LogP contribution in [0, 0.1) is 5.92 Å². The van der Waals surface area contributed by atoms with Gasteiger partial charge in [0.2, 0.25) is 0 Å². The van der Waals surface area contributed by atoms with Crippen LogP contribution in [0.15, 0.2) is 0 Å². The van der Waals surface area contributed by atoms with Crippen LogP contribution in [0.1, 0.15) is 65.2 Å². The molecule has 2 nitrogen and oxygen atoms in total. The molecule has 0 saturated heterocycles. The van der Waals surface area contributed by atoms with Gasteiger partial charge in [-0.3, -0.25) is 0 Å². The molecule has 1 saturated carbocycles. The summed E-state index contributed by atoms with van der Waals surface area (Å²) in [7, 11) is 0. The van der Waals surface area contributed by atoms with Crippen molar-refractivity contribution in [1.29, 1.82) is 0 Å². The maximum Gasteiger partial charge on any atom is 0.0610 e. The summed E-state index contributed by atoms with van der Waals surface area (Å²) in [5.41, 5.74) is -0.0329. The van der Waals surface area contributed by atoms with Gasteiger partial charge < -0.3 is 10.4 Å². The van der Waals surface area contributed by atoms with Crippen molar-refractivity contribution in [3.63, 3.8) is 0 Å². The monoisotopic (exact) mass is 227 g/mol. The molecule has 0 amide bonds. The van der Waals surface area contributed by atoms with Gasteiger partial charge in [-0.2, -0.15) is 0 Å². The molecule has 16 heavy (non-hydrogen) atoms. The lowest BCUT2D eigenvalue weighted by Gasteiger charge is -2.29. The molecule has 0 aromatic rings. The lowest BCUT2D eigenvalue weighted by atomic mass is 9.94. The van der Waals surface area contributed by atoms with Crippen LogP contribution < -0.4 is 5.32 Å². The molecule has 0 spiro atoms. The molecular formula is C14H29NO. The third-order valence-electron chi connectivity index (χ3n) is 3.70. The Kier molecular flexibility index (Phi) is 6.37. The molecule has 2 heteroatoms. The van der Waals surface area contributed by atoms with E-state index in [4.69, 9.17) is 0 Å². The molecule has 0 aromatic carbocycles. The molecule has 0 aliphatic heterocycles. The molecule has 0 aromatic heterocycles. The van der Waals surface area contributed by atoms with E-state index in [0.717, 1.165) is 18.9 Å². The average molecular weight is 227 g/mol. The van der Waals surface area contributed by atoms with Crippen LogP contribution >= 0.6 is 0 Å². The van der Waals surface area contributed by atoms with Crippen LogP contribution in [-0.2, 0) is 0 Å². The number of hydrogen-bond donors (Lipinski definition) is 2. The lowest BCUT2D eigenvalue weighted by Crippen LogP contribution is -2.46. The summed E-state index contributed by atoms with van der Waals surface area (Å²) in [4.78, 5) is 0. The standard InChI is InChI=1S/C14H29NO/c1-3-4-5-6-7-10-14(2,12-16)15-11-13-8-9-13/h13,15-16H,3-12H2,1-2H3. The Morgan fingerprint density at radius 1 is 1.19 bits per heavy atom. The number of aliphatic hydroxyl groups is 1. The van der Waals surface area contributed by atoms with Crippen molar-refractivity contribution in [1.82, 2.24) is 5.32 Å². The largest absolute Gasteiger partial charge is 0.394 e. The van der Waals surface area contributed by atoms with Gasteiger partial charge in [-0.15, -0.1) is 0 Å². The maximum atomic E-state index is 9.46. The third kappa shape index (κ3) is 5.86. The van der Waals surface area contributed by atoms with E-state index in [9.17, 15) is 5.11 Å². The molecule has 0 radical (unpaired) electrons. The summed E-state index contributed by atoms with van der Waals surface area (Å²) in [6, 6.07) is 0. The zero-order chi connectivity index (χ0) is 11.9. The minimum Gasteiger partial charge on any atom is -0.394 e. The van der Waals surface area contributed by atoms with E-state index in [1.807, 2.05) is 0 Å². The first kappa shape index (κ1) is 14.0. The first-order chi connectivity index (χ1) is 7.70. The van der Waals surface area contributed by atoms with Crippen molar-refractivity contribution >= 4 is 0 Å². The van der Waals surface area contributed by atoms with Crippen LogP contribution in [0.4, 0.5) is 0 Å². The molecule has 96 valence electrons. The number of unbranched alkanes of at least 4 members (excludes halogenated alkanes) is 4. The fourth-order valence-electron chi connectivity index (χ4n) is 2.05. The third-order valence-corrected chi connectivity index (χ3v) is 3.70. The zero-order valence-electron chi connectivity index (χ0n) is 11.1. The van der Waals surface area contributed by atoms with Gasteiger partial charge in [0.25, 0.3) is 0 Å².